The van der Waals surface area contributed by atoms with Gasteiger partial charge in [-0.1, -0.05) is 23.7 Å². The number of fused-ring (bicyclic) bond motifs is 1. The Kier molecular flexibility index (Phi) is 4.06. The summed E-state index contributed by atoms with van der Waals surface area (Å²) in [6.45, 7) is 1.27. The monoisotopic (exact) mass is 375 g/mol. The predicted octanol–water partition coefficient (Wildman–Crippen LogP) is 3.14. The molecule has 1 aliphatic heterocycles. The van der Waals surface area contributed by atoms with Crippen molar-refractivity contribution in [2.45, 2.75) is 18.4 Å². The van der Waals surface area contributed by atoms with E-state index in [0.717, 1.165) is 11.1 Å². The summed E-state index contributed by atoms with van der Waals surface area (Å²) in [6.07, 6.45) is 1.15. The van der Waals surface area contributed by atoms with Gasteiger partial charge in [-0.2, -0.15) is 0 Å². The first-order valence-corrected chi connectivity index (χ1v) is 9.41. The van der Waals surface area contributed by atoms with E-state index in [1.807, 2.05) is 23.6 Å². The molecule has 3 aromatic rings. The van der Waals surface area contributed by atoms with E-state index < -0.39 is 5.60 Å². The number of halogens is 1. The number of benzene rings is 1. The number of rotatable bonds is 2. The summed E-state index contributed by atoms with van der Waals surface area (Å²) in [5.74, 6) is 0.661. The summed E-state index contributed by atoms with van der Waals surface area (Å²) in [5.41, 5.74) is 0.730. The van der Waals surface area contributed by atoms with Crippen LogP contribution in [0.3, 0.4) is 0 Å². The third-order valence-electron chi connectivity index (χ3n) is 4.92. The standard InChI is InChI=1S/C18H18ClN3O2S/c1-21-16(23)15-14(6-11-25-15)20-17(21)22-9-7-18(24,8-10-22)12-2-4-13(19)5-3-12/h2-6,11,24H,7-10H2,1H3. The number of anilines is 1. The molecule has 4 rings (SSSR count). The van der Waals surface area contributed by atoms with Crippen molar-refractivity contribution in [3.8, 4) is 0 Å². The summed E-state index contributed by atoms with van der Waals surface area (Å²) in [5, 5.41) is 13.6. The molecule has 0 unspecified atom stereocenters. The van der Waals surface area contributed by atoms with Gasteiger partial charge in [-0.05, 0) is 42.0 Å². The number of aromatic nitrogens is 2. The molecule has 3 heterocycles. The lowest BCUT2D eigenvalue weighted by molar-refractivity contribution is 0.0114. The molecule has 0 spiro atoms. The van der Waals surface area contributed by atoms with Crippen LogP contribution in [0.15, 0.2) is 40.5 Å². The van der Waals surface area contributed by atoms with Crippen LogP contribution >= 0.6 is 22.9 Å². The van der Waals surface area contributed by atoms with Crippen molar-refractivity contribution in [2.24, 2.45) is 7.05 Å². The Morgan fingerprint density at radius 3 is 2.56 bits per heavy atom. The first-order chi connectivity index (χ1) is 12.0. The zero-order valence-corrected chi connectivity index (χ0v) is 15.3. The molecule has 1 aliphatic rings. The van der Waals surface area contributed by atoms with E-state index in [-0.39, 0.29) is 5.56 Å². The Morgan fingerprint density at radius 1 is 1.20 bits per heavy atom. The van der Waals surface area contributed by atoms with Crippen LogP contribution in [0.2, 0.25) is 5.02 Å². The quantitative estimate of drug-likeness (QED) is 0.747. The van der Waals surface area contributed by atoms with Crippen molar-refractivity contribution in [3.05, 3.63) is 56.7 Å². The van der Waals surface area contributed by atoms with Crippen molar-refractivity contribution in [1.29, 1.82) is 0 Å². The Labute approximate surface area is 154 Å². The van der Waals surface area contributed by atoms with Gasteiger partial charge in [-0.15, -0.1) is 11.3 Å². The zero-order chi connectivity index (χ0) is 17.6. The van der Waals surface area contributed by atoms with Gasteiger partial charge in [0.2, 0.25) is 5.95 Å². The molecular weight excluding hydrogens is 358 g/mol. The maximum absolute atomic E-state index is 12.5. The van der Waals surface area contributed by atoms with E-state index in [1.165, 1.54) is 11.3 Å². The number of thiophene rings is 1. The first-order valence-electron chi connectivity index (χ1n) is 8.15. The molecule has 0 atom stereocenters. The van der Waals surface area contributed by atoms with Gasteiger partial charge in [-0.25, -0.2) is 4.98 Å². The summed E-state index contributed by atoms with van der Waals surface area (Å²) in [7, 11) is 1.75. The van der Waals surface area contributed by atoms with Crippen LogP contribution in [-0.2, 0) is 12.6 Å². The van der Waals surface area contributed by atoms with Crippen LogP contribution in [0.5, 0.6) is 0 Å². The summed E-state index contributed by atoms with van der Waals surface area (Å²) >= 11 is 7.36. The average Bonchev–Trinajstić information content (AvgIpc) is 3.08. The second-order valence-electron chi connectivity index (χ2n) is 6.44. The highest BCUT2D eigenvalue weighted by Crippen LogP contribution is 2.34. The van der Waals surface area contributed by atoms with Gasteiger partial charge in [-0.3, -0.25) is 9.36 Å². The third kappa shape index (κ3) is 2.84. The average molecular weight is 376 g/mol. The smallest absolute Gasteiger partial charge is 0.272 e. The lowest BCUT2D eigenvalue weighted by Gasteiger charge is -2.39. The van der Waals surface area contributed by atoms with Gasteiger partial charge in [0, 0.05) is 25.2 Å². The number of aliphatic hydroxyl groups is 1. The van der Waals surface area contributed by atoms with Gasteiger partial charge in [0.15, 0.2) is 0 Å². The van der Waals surface area contributed by atoms with E-state index >= 15 is 0 Å². The number of nitrogens with zero attached hydrogens (tertiary/aromatic N) is 3. The van der Waals surface area contributed by atoms with Crippen molar-refractivity contribution in [3.63, 3.8) is 0 Å². The predicted molar refractivity (Wildman–Crippen MR) is 102 cm³/mol. The Bertz CT molecular complexity index is 972. The molecule has 1 fully saturated rings. The molecule has 7 heteroatoms. The largest absolute Gasteiger partial charge is 0.385 e. The minimum absolute atomic E-state index is 0.0199. The van der Waals surface area contributed by atoms with Gasteiger partial charge >= 0.3 is 0 Å². The number of hydrogen-bond acceptors (Lipinski definition) is 5. The van der Waals surface area contributed by atoms with Gasteiger partial charge in [0.25, 0.3) is 5.56 Å². The normalized spacial score (nSPS) is 17.2. The highest BCUT2D eigenvalue weighted by atomic mass is 35.5. The second-order valence-corrected chi connectivity index (χ2v) is 7.79. The van der Waals surface area contributed by atoms with Crippen molar-refractivity contribution in [2.75, 3.05) is 18.0 Å². The van der Waals surface area contributed by atoms with E-state index in [0.29, 0.717) is 41.6 Å². The maximum atomic E-state index is 12.5. The molecule has 0 aliphatic carbocycles. The molecule has 0 bridgehead atoms. The Hall–Kier alpha value is -1.89. The molecule has 1 saturated heterocycles. The van der Waals surface area contributed by atoms with E-state index in [4.69, 9.17) is 11.6 Å². The number of hydrogen-bond donors (Lipinski definition) is 1. The molecule has 0 radical (unpaired) electrons. The van der Waals surface area contributed by atoms with Gasteiger partial charge < -0.3 is 10.0 Å². The Balaban J connectivity index is 1.61. The summed E-state index contributed by atoms with van der Waals surface area (Å²) in [4.78, 5) is 19.2. The molecular formula is C18H18ClN3O2S. The Morgan fingerprint density at radius 2 is 1.88 bits per heavy atom. The lowest BCUT2D eigenvalue weighted by Crippen LogP contribution is -2.44. The number of piperidine rings is 1. The molecule has 1 N–H and O–H groups in total. The SMILES string of the molecule is Cn1c(N2CCC(O)(c3ccc(Cl)cc3)CC2)nc2ccsc2c1=O. The summed E-state index contributed by atoms with van der Waals surface area (Å²) < 4.78 is 2.28. The zero-order valence-electron chi connectivity index (χ0n) is 13.8. The van der Waals surface area contributed by atoms with Crippen LogP contribution in [0.25, 0.3) is 10.2 Å². The third-order valence-corrected chi connectivity index (χ3v) is 6.06. The fourth-order valence-corrected chi connectivity index (χ4v) is 4.32. The van der Waals surface area contributed by atoms with Crippen LogP contribution in [0, 0.1) is 0 Å². The molecule has 2 aromatic heterocycles. The minimum atomic E-state index is -0.869. The molecule has 0 amide bonds. The fourth-order valence-electron chi connectivity index (χ4n) is 3.38. The van der Waals surface area contributed by atoms with Gasteiger partial charge in [0.1, 0.15) is 4.70 Å². The molecule has 1 aromatic carbocycles. The van der Waals surface area contributed by atoms with Crippen molar-refractivity contribution >= 4 is 39.1 Å². The molecule has 130 valence electrons. The molecule has 5 nitrogen and oxygen atoms in total. The highest BCUT2D eigenvalue weighted by Gasteiger charge is 2.35. The van der Waals surface area contributed by atoms with Crippen LogP contribution in [0.4, 0.5) is 5.95 Å². The van der Waals surface area contributed by atoms with E-state index in [2.05, 4.69) is 9.88 Å². The lowest BCUT2D eigenvalue weighted by atomic mass is 9.84. The van der Waals surface area contributed by atoms with E-state index in [1.54, 1.807) is 23.7 Å². The molecule has 25 heavy (non-hydrogen) atoms. The van der Waals surface area contributed by atoms with Gasteiger partial charge in [0.05, 0.1) is 11.1 Å². The van der Waals surface area contributed by atoms with Crippen molar-refractivity contribution < 1.29 is 5.11 Å². The summed E-state index contributed by atoms with van der Waals surface area (Å²) in [6, 6.07) is 9.24. The second kappa shape index (κ2) is 6.12. The van der Waals surface area contributed by atoms with Crippen molar-refractivity contribution in [1.82, 2.24) is 9.55 Å². The fraction of sp³-hybridized carbons (Fsp3) is 0.333. The highest BCUT2D eigenvalue weighted by molar-refractivity contribution is 7.17. The van der Waals surface area contributed by atoms with E-state index in [9.17, 15) is 9.90 Å². The van der Waals surface area contributed by atoms with Crippen LogP contribution in [0.1, 0.15) is 18.4 Å². The minimum Gasteiger partial charge on any atom is -0.385 e. The molecule has 0 saturated carbocycles. The maximum Gasteiger partial charge on any atom is 0.272 e. The van der Waals surface area contributed by atoms with Crippen LogP contribution < -0.4 is 10.5 Å². The first kappa shape index (κ1) is 16.6. The van der Waals surface area contributed by atoms with Crippen LogP contribution in [-0.4, -0.2) is 27.7 Å². The topological polar surface area (TPSA) is 58.4 Å².